The van der Waals surface area contributed by atoms with Crippen molar-refractivity contribution in [3.63, 3.8) is 0 Å². The van der Waals surface area contributed by atoms with E-state index in [1.807, 2.05) is 34.7 Å². The second-order valence-electron chi connectivity index (χ2n) is 4.31. The molecule has 0 unspecified atom stereocenters. The topological polar surface area (TPSA) is 15.3 Å². The molecule has 0 aromatic carbocycles. The summed E-state index contributed by atoms with van der Waals surface area (Å²) < 4.78 is 0. The van der Waals surface area contributed by atoms with Gasteiger partial charge in [-0.15, -0.1) is 0 Å². The highest BCUT2D eigenvalue weighted by molar-refractivity contribution is 4.57. The number of hydrogen-bond donors (Lipinski definition) is 1. The Balaban J connectivity index is -0.000000579. The van der Waals surface area contributed by atoms with Crippen LogP contribution >= 0.6 is 0 Å². The smallest absolute Gasteiger partial charge is 0.0107 e. The number of likely N-dealkylation sites (N-methyl/N-ethyl adjacent to an activating group) is 2. The fourth-order valence-corrected chi connectivity index (χ4v) is 1.81. The summed E-state index contributed by atoms with van der Waals surface area (Å²) in [7, 11) is 2.03. The second kappa shape index (κ2) is 26.5. The third kappa shape index (κ3) is 23.4. The van der Waals surface area contributed by atoms with Crippen LogP contribution in [0, 0.1) is 0 Å². The molecule has 0 rings (SSSR count). The van der Waals surface area contributed by atoms with E-state index in [0.29, 0.717) is 0 Å². The van der Waals surface area contributed by atoms with E-state index in [-0.39, 0.29) is 0 Å². The number of hydrogen-bond acceptors (Lipinski definition) is 2. The molecule has 2 nitrogen and oxygen atoms in total. The van der Waals surface area contributed by atoms with Gasteiger partial charge in [0.2, 0.25) is 0 Å². The van der Waals surface area contributed by atoms with Gasteiger partial charge in [-0.3, -0.25) is 0 Å². The van der Waals surface area contributed by atoms with E-state index in [0.717, 1.165) is 6.54 Å². The zero-order valence-electron chi connectivity index (χ0n) is 15.0. The fraction of sp³-hybridized carbons (Fsp3) is 1.00. The molecule has 2 heteroatoms. The number of rotatable bonds is 11. The summed E-state index contributed by atoms with van der Waals surface area (Å²) in [4.78, 5) is 2.54. The van der Waals surface area contributed by atoms with Crippen molar-refractivity contribution in [3.8, 4) is 0 Å². The molecule has 0 saturated carbocycles. The van der Waals surface area contributed by atoms with Gasteiger partial charge in [-0.1, -0.05) is 73.6 Å². The highest BCUT2D eigenvalue weighted by Crippen LogP contribution is 2.05. The predicted octanol–water partition coefficient (Wildman–Crippen LogP) is 4.94. The molecule has 0 atom stereocenters. The summed E-state index contributed by atoms with van der Waals surface area (Å²) in [5.74, 6) is 0. The van der Waals surface area contributed by atoms with Gasteiger partial charge in [0.25, 0.3) is 0 Å². The van der Waals surface area contributed by atoms with Crippen LogP contribution in [0.3, 0.4) is 0 Å². The second-order valence-corrected chi connectivity index (χ2v) is 4.31. The first kappa shape index (κ1) is 24.0. The highest BCUT2D eigenvalue weighted by atomic mass is 15.1. The van der Waals surface area contributed by atoms with Gasteiger partial charge in [-0.2, -0.15) is 0 Å². The van der Waals surface area contributed by atoms with Crippen molar-refractivity contribution < 1.29 is 0 Å². The van der Waals surface area contributed by atoms with Crippen LogP contribution in [0.25, 0.3) is 0 Å². The molecule has 120 valence electrons. The Morgan fingerprint density at radius 1 is 0.737 bits per heavy atom. The minimum absolute atomic E-state index is 1.11. The lowest BCUT2D eigenvalue weighted by Crippen LogP contribution is -2.31. The van der Waals surface area contributed by atoms with Crippen LogP contribution in [0.5, 0.6) is 0 Å². The summed E-state index contributed by atoms with van der Waals surface area (Å²) in [6, 6.07) is 0. The lowest BCUT2D eigenvalue weighted by Gasteiger charge is -2.19. The minimum atomic E-state index is 1.11. The van der Waals surface area contributed by atoms with Crippen molar-refractivity contribution in [2.45, 2.75) is 80.1 Å². The number of nitrogens with one attached hydrogen (secondary N) is 1. The Morgan fingerprint density at radius 3 is 1.74 bits per heavy atom. The van der Waals surface area contributed by atoms with E-state index in [1.165, 1.54) is 58.2 Å². The SMILES string of the molecule is CC.CC.CCCCCCCCN(CC)CCNC. The van der Waals surface area contributed by atoms with Crippen LogP contribution in [0.15, 0.2) is 0 Å². The van der Waals surface area contributed by atoms with Crippen LogP contribution in [0.2, 0.25) is 0 Å². The Kier molecular flexibility index (Phi) is 33.4. The van der Waals surface area contributed by atoms with Gasteiger partial charge in [-0.25, -0.2) is 0 Å². The normalized spacial score (nSPS) is 9.47. The zero-order valence-corrected chi connectivity index (χ0v) is 15.0. The van der Waals surface area contributed by atoms with Crippen molar-refractivity contribution in [1.82, 2.24) is 10.2 Å². The molecular formula is C17H42N2. The van der Waals surface area contributed by atoms with Gasteiger partial charge in [0.15, 0.2) is 0 Å². The van der Waals surface area contributed by atoms with Gasteiger partial charge in [-0.05, 0) is 26.6 Å². The molecule has 0 aliphatic rings. The average molecular weight is 275 g/mol. The lowest BCUT2D eigenvalue weighted by molar-refractivity contribution is 0.282. The summed E-state index contributed by atoms with van der Waals surface area (Å²) in [5, 5.41) is 3.21. The first-order valence-corrected chi connectivity index (χ1v) is 8.72. The molecule has 1 N–H and O–H groups in total. The first-order valence-electron chi connectivity index (χ1n) is 8.72. The van der Waals surface area contributed by atoms with E-state index >= 15 is 0 Å². The fourth-order valence-electron chi connectivity index (χ4n) is 1.81. The molecular weight excluding hydrogens is 232 g/mol. The summed E-state index contributed by atoms with van der Waals surface area (Å²) in [6.07, 6.45) is 8.41. The zero-order chi connectivity index (χ0) is 15.4. The molecule has 0 aromatic rings. The Morgan fingerprint density at radius 2 is 1.26 bits per heavy atom. The summed E-state index contributed by atoms with van der Waals surface area (Å²) in [5.41, 5.74) is 0. The Hall–Kier alpha value is -0.0800. The average Bonchev–Trinajstić information content (AvgIpc) is 2.50. The van der Waals surface area contributed by atoms with Crippen LogP contribution in [0.4, 0.5) is 0 Å². The maximum absolute atomic E-state index is 3.21. The van der Waals surface area contributed by atoms with Crippen molar-refractivity contribution in [3.05, 3.63) is 0 Å². The van der Waals surface area contributed by atoms with Gasteiger partial charge in [0.05, 0.1) is 0 Å². The molecule has 0 bridgehead atoms. The first-order chi connectivity index (χ1) is 9.35. The standard InChI is InChI=1S/C13H30N2.2C2H6/c1-4-6-7-8-9-10-12-15(5-2)13-11-14-3;2*1-2/h14H,4-13H2,1-3H3;2*1-2H3. The van der Waals surface area contributed by atoms with E-state index in [4.69, 9.17) is 0 Å². The summed E-state index contributed by atoms with van der Waals surface area (Å²) >= 11 is 0. The van der Waals surface area contributed by atoms with Gasteiger partial charge in [0.1, 0.15) is 0 Å². The largest absolute Gasteiger partial charge is 0.318 e. The van der Waals surface area contributed by atoms with E-state index < -0.39 is 0 Å². The van der Waals surface area contributed by atoms with E-state index in [2.05, 4.69) is 24.1 Å². The van der Waals surface area contributed by atoms with Crippen molar-refractivity contribution >= 4 is 0 Å². The highest BCUT2D eigenvalue weighted by Gasteiger charge is 2.00. The van der Waals surface area contributed by atoms with Crippen LogP contribution in [-0.4, -0.2) is 38.1 Å². The number of nitrogens with zero attached hydrogens (tertiary/aromatic N) is 1. The van der Waals surface area contributed by atoms with Crippen molar-refractivity contribution in [1.29, 1.82) is 0 Å². The van der Waals surface area contributed by atoms with Crippen LogP contribution in [0.1, 0.15) is 80.1 Å². The Labute approximate surface area is 124 Å². The molecule has 0 heterocycles. The quantitative estimate of drug-likeness (QED) is 0.537. The van der Waals surface area contributed by atoms with Crippen LogP contribution in [-0.2, 0) is 0 Å². The molecule has 0 amide bonds. The summed E-state index contributed by atoms with van der Waals surface area (Å²) in [6.45, 7) is 17.3. The van der Waals surface area contributed by atoms with Gasteiger partial charge >= 0.3 is 0 Å². The lowest BCUT2D eigenvalue weighted by atomic mass is 10.1. The predicted molar refractivity (Wildman–Crippen MR) is 92.1 cm³/mol. The third-order valence-corrected chi connectivity index (χ3v) is 2.95. The molecule has 0 saturated heterocycles. The maximum atomic E-state index is 3.21. The molecule has 0 fully saturated rings. The monoisotopic (exact) mass is 274 g/mol. The number of unbranched alkanes of at least 4 members (excludes halogenated alkanes) is 5. The molecule has 0 aliphatic carbocycles. The van der Waals surface area contributed by atoms with Crippen LogP contribution < -0.4 is 5.32 Å². The molecule has 0 aromatic heterocycles. The van der Waals surface area contributed by atoms with E-state index in [9.17, 15) is 0 Å². The van der Waals surface area contributed by atoms with Crippen molar-refractivity contribution in [2.24, 2.45) is 0 Å². The third-order valence-electron chi connectivity index (χ3n) is 2.95. The molecule has 19 heavy (non-hydrogen) atoms. The maximum Gasteiger partial charge on any atom is 0.0107 e. The minimum Gasteiger partial charge on any atom is -0.318 e. The van der Waals surface area contributed by atoms with Gasteiger partial charge in [0, 0.05) is 13.1 Å². The Bertz CT molecular complexity index is 116. The van der Waals surface area contributed by atoms with Gasteiger partial charge < -0.3 is 10.2 Å². The molecule has 0 radical (unpaired) electrons. The molecule has 0 spiro atoms. The van der Waals surface area contributed by atoms with Crippen molar-refractivity contribution in [2.75, 3.05) is 33.2 Å². The molecule has 0 aliphatic heterocycles. The van der Waals surface area contributed by atoms with E-state index in [1.54, 1.807) is 0 Å².